The molecule has 0 spiro atoms. The number of aromatic nitrogens is 5. The lowest BCUT2D eigenvalue weighted by Crippen LogP contribution is -2.13. The third-order valence-corrected chi connectivity index (χ3v) is 4.82. The second-order valence-corrected chi connectivity index (χ2v) is 7.17. The standard InChI is InChI=1S/C21H18F4N6O2/c1-12-4-2-3-5-13(12)9-30-11-26-21(29-30)27-20(32)17-7-6-14(33-17)10-31-16(19(24)25)8-15(28-31)18(22)23/h2-8,11,18-19H,9-10H2,1H3,(H,27,29,32). The molecule has 0 radical (unpaired) electrons. The van der Waals surface area contributed by atoms with Crippen molar-refractivity contribution in [3.05, 3.63) is 82.8 Å². The summed E-state index contributed by atoms with van der Waals surface area (Å²) in [6.07, 6.45) is -4.51. The van der Waals surface area contributed by atoms with Crippen LogP contribution >= 0.6 is 0 Å². The molecule has 1 N–H and O–H groups in total. The summed E-state index contributed by atoms with van der Waals surface area (Å²) in [6.45, 7) is 2.10. The van der Waals surface area contributed by atoms with Crippen LogP contribution in [-0.4, -0.2) is 30.5 Å². The Morgan fingerprint density at radius 2 is 1.85 bits per heavy atom. The molecule has 1 amide bonds. The molecule has 0 bridgehead atoms. The summed E-state index contributed by atoms with van der Waals surface area (Å²) >= 11 is 0. The lowest BCUT2D eigenvalue weighted by molar-refractivity contribution is 0.0993. The summed E-state index contributed by atoms with van der Waals surface area (Å²) in [5, 5.41) is 10.2. The number of carbonyl (C=O) groups excluding carboxylic acids is 1. The van der Waals surface area contributed by atoms with Crippen LogP contribution in [0.4, 0.5) is 23.5 Å². The van der Waals surface area contributed by atoms with Crippen LogP contribution in [0.5, 0.6) is 0 Å². The highest BCUT2D eigenvalue weighted by Crippen LogP contribution is 2.26. The summed E-state index contributed by atoms with van der Waals surface area (Å²) in [4.78, 5) is 16.5. The molecule has 12 heteroatoms. The van der Waals surface area contributed by atoms with Crippen molar-refractivity contribution in [1.29, 1.82) is 0 Å². The number of nitrogens with zero attached hydrogens (tertiary/aromatic N) is 5. The first-order valence-electron chi connectivity index (χ1n) is 9.78. The van der Waals surface area contributed by atoms with Gasteiger partial charge in [-0.1, -0.05) is 24.3 Å². The number of rotatable bonds is 8. The topological polar surface area (TPSA) is 90.8 Å². The van der Waals surface area contributed by atoms with E-state index in [1.54, 1.807) is 4.68 Å². The zero-order valence-electron chi connectivity index (χ0n) is 17.3. The lowest BCUT2D eigenvalue weighted by atomic mass is 10.1. The largest absolute Gasteiger partial charge is 0.454 e. The summed E-state index contributed by atoms with van der Waals surface area (Å²) in [5.41, 5.74) is 0.709. The number of furan rings is 1. The Balaban J connectivity index is 1.42. The number of benzene rings is 1. The van der Waals surface area contributed by atoms with E-state index in [-0.39, 0.29) is 24.0 Å². The number of halogens is 4. The molecule has 0 saturated heterocycles. The van der Waals surface area contributed by atoms with E-state index in [4.69, 9.17) is 4.42 Å². The summed E-state index contributed by atoms with van der Waals surface area (Å²) in [6, 6.07) is 11.1. The highest BCUT2D eigenvalue weighted by atomic mass is 19.3. The van der Waals surface area contributed by atoms with E-state index < -0.39 is 30.1 Å². The van der Waals surface area contributed by atoms with Gasteiger partial charge < -0.3 is 4.42 Å². The average molecular weight is 462 g/mol. The van der Waals surface area contributed by atoms with Crippen LogP contribution in [0.3, 0.4) is 0 Å². The molecule has 4 rings (SSSR count). The summed E-state index contributed by atoms with van der Waals surface area (Å²) < 4.78 is 59.5. The minimum Gasteiger partial charge on any atom is -0.454 e. The van der Waals surface area contributed by atoms with Crippen molar-refractivity contribution in [2.45, 2.75) is 32.9 Å². The number of alkyl halides is 4. The summed E-state index contributed by atoms with van der Waals surface area (Å²) in [7, 11) is 0. The van der Waals surface area contributed by atoms with Gasteiger partial charge in [-0.05, 0) is 36.2 Å². The average Bonchev–Trinajstić information content (AvgIpc) is 3.50. The van der Waals surface area contributed by atoms with Crippen LogP contribution in [0.25, 0.3) is 0 Å². The van der Waals surface area contributed by atoms with Gasteiger partial charge in [-0.3, -0.25) is 14.8 Å². The Hall–Kier alpha value is -3.96. The molecule has 0 saturated carbocycles. The molecule has 172 valence electrons. The van der Waals surface area contributed by atoms with Crippen LogP contribution in [0.2, 0.25) is 0 Å². The van der Waals surface area contributed by atoms with Gasteiger partial charge in [-0.15, -0.1) is 5.10 Å². The fourth-order valence-electron chi connectivity index (χ4n) is 3.15. The van der Waals surface area contributed by atoms with Crippen molar-refractivity contribution in [2.75, 3.05) is 5.32 Å². The zero-order valence-corrected chi connectivity index (χ0v) is 17.3. The zero-order chi connectivity index (χ0) is 23.5. The number of nitrogens with one attached hydrogen (secondary N) is 1. The Morgan fingerprint density at radius 3 is 2.58 bits per heavy atom. The Kier molecular flexibility index (Phi) is 6.24. The van der Waals surface area contributed by atoms with E-state index in [1.165, 1.54) is 18.5 Å². The van der Waals surface area contributed by atoms with Gasteiger partial charge in [0, 0.05) is 0 Å². The number of hydrogen-bond donors (Lipinski definition) is 1. The molecule has 3 aromatic heterocycles. The van der Waals surface area contributed by atoms with Crippen molar-refractivity contribution >= 4 is 11.9 Å². The molecule has 0 aliphatic heterocycles. The maximum absolute atomic E-state index is 13.1. The second-order valence-electron chi connectivity index (χ2n) is 7.17. The number of aryl methyl sites for hydroxylation is 1. The van der Waals surface area contributed by atoms with Gasteiger partial charge in [0.25, 0.3) is 18.8 Å². The maximum atomic E-state index is 13.1. The molecule has 0 atom stereocenters. The predicted molar refractivity (Wildman–Crippen MR) is 108 cm³/mol. The first kappa shape index (κ1) is 22.2. The fraction of sp³-hybridized carbons (Fsp3) is 0.238. The van der Waals surface area contributed by atoms with Gasteiger partial charge in [0.2, 0.25) is 5.95 Å². The molecule has 0 aliphatic rings. The third-order valence-electron chi connectivity index (χ3n) is 4.82. The second kappa shape index (κ2) is 9.27. The van der Waals surface area contributed by atoms with Crippen molar-refractivity contribution < 1.29 is 26.8 Å². The summed E-state index contributed by atoms with van der Waals surface area (Å²) in [5.74, 6) is -0.637. The molecule has 0 unspecified atom stereocenters. The highest BCUT2D eigenvalue weighted by molar-refractivity contribution is 6.01. The number of anilines is 1. The number of carbonyl (C=O) groups is 1. The van der Waals surface area contributed by atoms with E-state index >= 15 is 0 Å². The van der Waals surface area contributed by atoms with Crippen molar-refractivity contribution in [3.63, 3.8) is 0 Å². The smallest absolute Gasteiger partial charge is 0.293 e. The number of amides is 1. The van der Waals surface area contributed by atoms with Gasteiger partial charge in [0.1, 0.15) is 23.5 Å². The van der Waals surface area contributed by atoms with Crippen molar-refractivity contribution in [2.24, 2.45) is 0 Å². The van der Waals surface area contributed by atoms with Crippen LogP contribution in [0.15, 0.2) is 53.2 Å². The normalized spacial score (nSPS) is 11.5. The van der Waals surface area contributed by atoms with Gasteiger partial charge in [-0.2, -0.15) is 5.10 Å². The molecule has 0 fully saturated rings. The molecule has 1 aromatic carbocycles. The molecule has 33 heavy (non-hydrogen) atoms. The van der Waals surface area contributed by atoms with E-state index in [0.29, 0.717) is 12.6 Å². The minimum atomic E-state index is -3.00. The maximum Gasteiger partial charge on any atom is 0.293 e. The van der Waals surface area contributed by atoms with Gasteiger partial charge >= 0.3 is 0 Å². The highest BCUT2D eigenvalue weighted by Gasteiger charge is 2.22. The van der Waals surface area contributed by atoms with Crippen molar-refractivity contribution in [1.82, 2.24) is 24.5 Å². The van der Waals surface area contributed by atoms with Gasteiger partial charge in [-0.25, -0.2) is 27.2 Å². The van der Waals surface area contributed by atoms with Gasteiger partial charge in [0.05, 0.1) is 13.1 Å². The first-order valence-corrected chi connectivity index (χ1v) is 9.78. The Bertz CT molecular complexity index is 1260. The van der Waals surface area contributed by atoms with E-state index in [0.717, 1.165) is 15.8 Å². The lowest BCUT2D eigenvalue weighted by Gasteiger charge is -2.05. The molecular formula is C21H18F4N6O2. The monoisotopic (exact) mass is 462 g/mol. The number of hydrogen-bond acceptors (Lipinski definition) is 5. The SMILES string of the molecule is Cc1ccccc1Cn1cnc(NC(=O)c2ccc(Cn3nc(C(F)F)cc3C(F)F)o2)n1. The first-order chi connectivity index (χ1) is 15.8. The van der Waals surface area contributed by atoms with E-state index in [2.05, 4.69) is 20.5 Å². The Morgan fingerprint density at radius 1 is 1.06 bits per heavy atom. The van der Waals surface area contributed by atoms with E-state index in [9.17, 15) is 22.4 Å². The third kappa shape index (κ3) is 5.10. The fourth-order valence-corrected chi connectivity index (χ4v) is 3.15. The Labute approximate surface area is 184 Å². The van der Waals surface area contributed by atoms with Crippen LogP contribution in [-0.2, 0) is 13.1 Å². The molecule has 4 aromatic rings. The van der Waals surface area contributed by atoms with Crippen LogP contribution < -0.4 is 5.32 Å². The predicted octanol–water partition coefficient (Wildman–Crippen LogP) is 4.60. The molecule has 8 nitrogen and oxygen atoms in total. The molecule has 0 aliphatic carbocycles. The van der Waals surface area contributed by atoms with Crippen LogP contribution in [0.1, 0.15) is 51.7 Å². The van der Waals surface area contributed by atoms with Crippen molar-refractivity contribution in [3.8, 4) is 0 Å². The quantitative estimate of drug-likeness (QED) is 0.387. The van der Waals surface area contributed by atoms with Crippen LogP contribution in [0, 0.1) is 6.92 Å². The van der Waals surface area contributed by atoms with E-state index in [1.807, 2.05) is 31.2 Å². The molecule has 3 heterocycles. The van der Waals surface area contributed by atoms with Gasteiger partial charge in [0.15, 0.2) is 5.76 Å². The minimum absolute atomic E-state index is 0.0557. The molecular weight excluding hydrogens is 444 g/mol.